The predicted molar refractivity (Wildman–Crippen MR) is 109 cm³/mol. The van der Waals surface area contributed by atoms with E-state index < -0.39 is 10.0 Å². The van der Waals surface area contributed by atoms with Crippen LogP contribution in [0.2, 0.25) is 0 Å². The molecule has 0 unspecified atom stereocenters. The van der Waals surface area contributed by atoms with Crippen LogP contribution in [0.15, 0.2) is 41.3 Å². The minimum atomic E-state index is -3.60. The Morgan fingerprint density at radius 2 is 1.62 bits per heavy atom. The van der Waals surface area contributed by atoms with Crippen LogP contribution >= 0.6 is 0 Å². The molecule has 0 saturated carbocycles. The second-order valence-electron chi connectivity index (χ2n) is 7.45. The van der Waals surface area contributed by atoms with Gasteiger partial charge in [-0.3, -0.25) is 4.72 Å². The van der Waals surface area contributed by atoms with Gasteiger partial charge in [-0.2, -0.15) is 0 Å². The van der Waals surface area contributed by atoms with Crippen molar-refractivity contribution in [1.82, 2.24) is 0 Å². The zero-order chi connectivity index (χ0) is 18.9. The maximum atomic E-state index is 12.8. The molecule has 2 aromatic rings. The molecule has 3 rings (SSSR count). The molecule has 1 heterocycles. The van der Waals surface area contributed by atoms with Crippen molar-refractivity contribution in [1.29, 1.82) is 0 Å². The van der Waals surface area contributed by atoms with E-state index in [1.54, 1.807) is 24.3 Å². The van der Waals surface area contributed by atoms with Crippen LogP contribution in [0.4, 0.5) is 11.4 Å². The van der Waals surface area contributed by atoms with Gasteiger partial charge in [-0.25, -0.2) is 8.42 Å². The lowest BCUT2D eigenvalue weighted by molar-refractivity contribution is 0.438. The van der Waals surface area contributed by atoms with E-state index in [1.807, 2.05) is 19.9 Å². The van der Waals surface area contributed by atoms with Gasteiger partial charge in [0.05, 0.1) is 10.6 Å². The third kappa shape index (κ3) is 3.73. The number of benzene rings is 2. The van der Waals surface area contributed by atoms with Crippen LogP contribution in [0.3, 0.4) is 0 Å². The average Bonchev–Trinajstić information content (AvgIpc) is 2.61. The van der Waals surface area contributed by atoms with Gasteiger partial charge in [-0.15, -0.1) is 0 Å². The fraction of sp³-hybridized carbons (Fsp3) is 0.429. The summed E-state index contributed by atoms with van der Waals surface area (Å²) in [5.41, 5.74) is 5.05. The third-order valence-electron chi connectivity index (χ3n) is 5.32. The SMILES string of the molecule is Cc1cc(C)c(N2CCC(C)CC2)c(C)c1NS(=O)(=O)c1ccccc1. The van der Waals surface area contributed by atoms with Crippen molar-refractivity contribution in [2.45, 2.75) is 45.4 Å². The Kier molecular flexibility index (Phi) is 5.28. The van der Waals surface area contributed by atoms with Crippen molar-refractivity contribution in [3.05, 3.63) is 53.1 Å². The molecular weight excluding hydrogens is 344 g/mol. The number of sulfonamides is 1. The first-order valence-corrected chi connectivity index (χ1v) is 10.7. The van der Waals surface area contributed by atoms with E-state index in [2.05, 4.69) is 29.5 Å². The van der Waals surface area contributed by atoms with Crippen LogP contribution in [0.25, 0.3) is 0 Å². The van der Waals surface area contributed by atoms with Crippen molar-refractivity contribution in [2.24, 2.45) is 5.92 Å². The largest absolute Gasteiger partial charge is 0.371 e. The summed E-state index contributed by atoms with van der Waals surface area (Å²) in [6.45, 7) is 10.4. The van der Waals surface area contributed by atoms with Crippen molar-refractivity contribution in [3.63, 3.8) is 0 Å². The van der Waals surface area contributed by atoms with Gasteiger partial charge in [0.2, 0.25) is 0 Å². The second-order valence-corrected chi connectivity index (χ2v) is 9.13. The highest BCUT2D eigenvalue weighted by molar-refractivity contribution is 7.92. The maximum absolute atomic E-state index is 12.8. The molecule has 140 valence electrons. The zero-order valence-corrected chi connectivity index (χ0v) is 16.9. The van der Waals surface area contributed by atoms with E-state index in [1.165, 1.54) is 24.1 Å². The smallest absolute Gasteiger partial charge is 0.261 e. The predicted octanol–water partition coefficient (Wildman–Crippen LogP) is 4.65. The molecule has 0 amide bonds. The van der Waals surface area contributed by atoms with E-state index in [9.17, 15) is 8.42 Å². The molecule has 5 heteroatoms. The Morgan fingerprint density at radius 3 is 2.23 bits per heavy atom. The number of hydrogen-bond donors (Lipinski definition) is 1. The van der Waals surface area contributed by atoms with Gasteiger partial charge in [-0.1, -0.05) is 31.2 Å². The fourth-order valence-corrected chi connectivity index (χ4v) is 5.06. The highest BCUT2D eigenvalue weighted by Gasteiger charge is 2.23. The lowest BCUT2D eigenvalue weighted by Gasteiger charge is -2.35. The summed E-state index contributed by atoms with van der Waals surface area (Å²) in [6, 6.07) is 10.6. The first-order valence-electron chi connectivity index (χ1n) is 9.23. The Hall–Kier alpha value is -2.01. The molecule has 0 spiro atoms. The third-order valence-corrected chi connectivity index (χ3v) is 6.69. The number of nitrogens with zero attached hydrogens (tertiary/aromatic N) is 1. The van der Waals surface area contributed by atoms with Crippen molar-refractivity contribution < 1.29 is 8.42 Å². The average molecular weight is 373 g/mol. The Morgan fingerprint density at radius 1 is 1.00 bits per heavy atom. The van der Waals surface area contributed by atoms with Crippen LogP contribution in [-0.2, 0) is 10.0 Å². The van der Waals surface area contributed by atoms with Gasteiger partial charge in [0.15, 0.2) is 0 Å². The monoisotopic (exact) mass is 372 g/mol. The molecule has 0 radical (unpaired) electrons. The van der Waals surface area contributed by atoms with Gasteiger partial charge < -0.3 is 4.90 Å². The van der Waals surface area contributed by atoms with Gasteiger partial charge >= 0.3 is 0 Å². The van der Waals surface area contributed by atoms with Gasteiger partial charge in [0.25, 0.3) is 10.0 Å². The summed E-state index contributed by atoms with van der Waals surface area (Å²) in [5.74, 6) is 0.758. The van der Waals surface area contributed by atoms with Gasteiger partial charge in [-0.05, 0) is 68.4 Å². The molecule has 26 heavy (non-hydrogen) atoms. The van der Waals surface area contributed by atoms with E-state index in [4.69, 9.17) is 0 Å². The van der Waals surface area contributed by atoms with Crippen LogP contribution < -0.4 is 9.62 Å². The summed E-state index contributed by atoms with van der Waals surface area (Å²) in [5, 5.41) is 0. The normalized spacial score (nSPS) is 15.9. The minimum Gasteiger partial charge on any atom is -0.371 e. The highest BCUT2D eigenvalue weighted by atomic mass is 32.2. The molecule has 1 N–H and O–H groups in total. The molecule has 2 aromatic carbocycles. The van der Waals surface area contributed by atoms with E-state index in [-0.39, 0.29) is 4.90 Å². The summed E-state index contributed by atoms with van der Waals surface area (Å²) < 4.78 is 28.4. The molecule has 1 saturated heterocycles. The lowest BCUT2D eigenvalue weighted by atomic mass is 9.95. The quantitative estimate of drug-likeness (QED) is 0.850. The molecule has 0 aromatic heterocycles. The Bertz CT molecular complexity index is 884. The van der Waals surface area contributed by atoms with Gasteiger partial charge in [0.1, 0.15) is 0 Å². The molecule has 1 aliphatic heterocycles. The van der Waals surface area contributed by atoms with E-state index in [0.29, 0.717) is 5.69 Å². The van der Waals surface area contributed by atoms with Crippen molar-refractivity contribution in [3.8, 4) is 0 Å². The number of anilines is 2. The summed E-state index contributed by atoms with van der Waals surface area (Å²) >= 11 is 0. The molecule has 0 atom stereocenters. The van der Waals surface area contributed by atoms with E-state index in [0.717, 1.165) is 30.1 Å². The van der Waals surface area contributed by atoms with Crippen LogP contribution in [0.1, 0.15) is 36.5 Å². The number of nitrogens with one attached hydrogen (secondary N) is 1. The van der Waals surface area contributed by atoms with Crippen molar-refractivity contribution >= 4 is 21.4 Å². The first kappa shape index (κ1) is 18.8. The van der Waals surface area contributed by atoms with E-state index >= 15 is 0 Å². The molecule has 4 nitrogen and oxygen atoms in total. The Labute approximate surface area is 157 Å². The summed E-state index contributed by atoms with van der Waals surface area (Å²) in [7, 11) is -3.60. The number of aryl methyl sites for hydroxylation is 2. The van der Waals surface area contributed by atoms with Gasteiger partial charge in [0, 0.05) is 18.8 Å². The summed E-state index contributed by atoms with van der Waals surface area (Å²) in [6.07, 6.45) is 2.36. The second kappa shape index (κ2) is 7.31. The lowest BCUT2D eigenvalue weighted by Crippen LogP contribution is -2.34. The highest BCUT2D eigenvalue weighted by Crippen LogP contribution is 2.36. The number of piperidine rings is 1. The molecule has 1 aliphatic rings. The number of hydrogen-bond acceptors (Lipinski definition) is 3. The molecular formula is C21H28N2O2S. The topological polar surface area (TPSA) is 49.4 Å². The summed E-state index contributed by atoms with van der Waals surface area (Å²) in [4.78, 5) is 2.69. The zero-order valence-electron chi connectivity index (χ0n) is 16.0. The van der Waals surface area contributed by atoms with Crippen molar-refractivity contribution in [2.75, 3.05) is 22.7 Å². The molecule has 1 fully saturated rings. The molecule has 0 aliphatic carbocycles. The first-order chi connectivity index (χ1) is 12.3. The Balaban J connectivity index is 1.99. The minimum absolute atomic E-state index is 0.285. The van der Waals surface area contributed by atoms with Crippen LogP contribution in [0.5, 0.6) is 0 Å². The molecule has 0 bridgehead atoms. The standard InChI is InChI=1S/C21H28N2O2S/c1-15-10-12-23(13-11-15)21-17(3)14-16(2)20(18(21)4)22-26(24,25)19-8-6-5-7-9-19/h5-9,14-15,22H,10-13H2,1-4H3. The maximum Gasteiger partial charge on any atom is 0.261 e. The van der Waals surface area contributed by atoms with Crippen LogP contribution in [0, 0.1) is 26.7 Å². The number of rotatable bonds is 4. The fourth-order valence-electron chi connectivity index (χ4n) is 3.84. The van der Waals surface area contributed by atoms with Crippen LogP contribution in [-0.4, -0.2) is 21.5 Å².